The first-order valence-corrected chi connectivity index (χ1v) is 9.75. The average molecular weight is 395 g/mol. The maximum absolute atomic E-state index is 10.6. The van der Waals surface area contributed by atoms with Gasteiger partial charge < -0.3 is 25.6 Å². The van der Waals surface area contributed by atoms with Crippen molar-refractivity contribution in [2.75, 3.05) is 41.3 Å². The van der Waals surface area contributed by atoms with E-state index in [1.807, 2.05) is 36.9 Å². The van der Waals surface area contributed by atoms with Gasteiger partial charge in [0, 0.05) is 49.7 Å². The number of aliphatic hydroxyl groups is 1. The lowest BCUT2D eigenvalue weighted by molar-refractivity contribution is 0.198. The van der Waals surface area contributed by atoms with Crippen LogP contribution in [-0.2, 0) is 0 Å². The van der Waals surface area contributed by atoms with Gasteiger partial charge in [-0.15, -0.1) is 0 Å². The molecule has 0 bridgehead atoms. The zero-order valence-corrected chi connectivity index (χ0v) is 16.6. The maximum atomic E-state index is 10.6. The third kappa shape index (κ3) is 3.91. The highest BCUT2D eigenvalue weighted by atomic mass is 16.3. The number of aliphatic hydroxyl groups excluding tert-OH is 1. The van der Waals surface area contributed by atoms with Crippen LogP contribution < -0.4 is 15.1 Å². The van der Waals surface area contributed by atoms with Gasteiger partial charge in [0.2, 0.25) is 0 Å². The first-order chi connectivity index (χ1) is 14.0. The number of rotatable bonds is 6. The van der Waals surface area contributed by atoms with Gasteiger partial charge in [-0.05, 0) is 38.0 Å². The summed E-state index contributed by atoms with van der Waals surface area (Å²) in [5.74, 6) is 2.01. The molecule has 2 aliphatic heterocycles. The molecule has 9 heteroatoms. The normalized spacial score (nSPS) is 19.2. The highest BCUT2D eigenvalue weighted by Crippen LogP contribution is 2.32. The Hall–Kier alpha value is -3.07. The second kappa shape index (κ2) is 7.75. The molecule has 4 rings (SSSR count). The standard InChI is InChI=1S/C20H25N7O2/c1-12-5-14(8-21)17(6-18(12)26-4-3-16(28)11-26)24-19-7-20(23-13(2)22-19)27-9-15(10-27)25-29/h5-8,15-16,21,28H,3-4,9-11H2,1-2H3,(H,22,23,24). The first kappa shape index (κ1) is 19.3. The monoisotopic (exact) mass is 395 g/mol. The van der Waals surface area contributed by atoms with E-state index in [9.17, 15) is 10.0 Å². The second-order valence-electron chi connectivity index (χ2n) is 7.71. The Morgan fingerprint density at radius 1 is 1.21 bits per heavy atom. The Kier molecular flexibility index (Phi) is 5.14. The lowest BCUT2D eigenvalue weighted by Gasteiger charge is -2.36. The van der Waals surface area contributed by atoms with Crippen LogP contribution in [0.2, 0.25) is 0 Å². The van der Waals surface area contributed by atoms with Crippen molar-refractivity contribution in [2.24, 2.45) is 5.18 Å². The van der Waals surface area contributed by atoms with E-state index in [0.717, 1.165) is 41.3 Å². The second-order valence-corrected chi connectivity index (χ2v) is 7.71. The molecule has 1 unspecified atom stereocenters. The fourth-order valence-corrected chi connectivity index (χ4v) is 3.87. The molecule has 152 valence electrons. The minimum Gasteiger partial charge on any atom is -0.391 e. The molecule has 3 heterocycles. The van der Waals surface area contributed by atoms with E-state index in [2.05, 4.69) is 25.4 Å². The number of aromatic nitrogens is 2. The maximum Gasteiger partial charge on any atom is 0.136 e. The summed E-state index contributed by atoms with van der Waals surface area (Å²) < 4.78 is 0. The van der Waals surface area contributed by atoms with Gasteiger partial charge in [0.1, 0.15) is 23.5 Å². The van der Waals surface area contributed by atoms with Crippen molar-refractivity contribution in [1.29, 1.82) is 5.41 Å². The molecule has 0 radical (unpaired) electrons. The minimum absolute atomic E-state index is 0.179. The van der Waals surface area contributed by atoms with Gasteiger partial charge in [-0.1, -0.05) is 5.18 Å². The SMILES string of the molecule is Cc1nc(Nc2cc(N3CCC(O)C3)c(C)cc2C=N)cc(N2CC(N=O)C2)n1. The highest BCUT2D eigenvalue weighted by molar-refractivity contribution is 5.89. The quantitative estimate of drug-likeness (QED) is 0.507. The molecule has 2 fully saturated rings. The van der Waals surface area contributed by atoms with E-state index in [-0.39, 0.29) is 12.1 Å². The Labute approximate surface area is 169 Å². The molecular weight excluding hydrogens is 370 g/mol. The summed E-state index contributed by atoms with van der Waals surface area (Å²) in [6, 6.07) is 5.66. The van der Waals surface area contributed by atoms with Crippen LogP contribution in [0.3, 0.4) is 0 Å². The number of nitrogens with zero attached hydrogens (tertiary/aromatic N) is 5. The van der Waals surface area contributed by atoms with E-state index in [4.69, 9.17) is 5.41 Å². The van der Waals surface area contributed by atoms with Gasteiger partial charge in [0.25, 0.3) is 0 Å². The number of nitrogens with one attached hydrogen (secondary N) is 2. The number of β-amino-alcohol motifs (C(OH)–C–C–N with tert-alkyl or cyclic N) is 1. The molecule has 2 aromatic rings. The molecule has 1 atom stereocenters. The van der Waals surface area contributed by atoms with Crippen LogP contribution in [0, 0.1) is 24.2 Å². The Morgan fingerprint density at radius 2 is 2.00 bits per heavy atom. The number of benzene rings is 1. The molecule has 1 aromatic carbocycles. The first-order valence-electron chi connectivity index (χ1n) is 9.75. The van der Waals surface area contributed by atoms with E-state index in [0.29, 0.717) is 31.3 Å². The predicted molar refractivity (Wildman–Crippen MR) is 114 cm³/mol. The molecule has 9 nitrogen and oxygen atoms in total. The van der Waals surface area contributed by atoms with Crippen molar-refractivity contribution in [3.63, 3.8) is 0 Å². The summed E-state index contributed by atoms with van der Waals surface area (Å²) in [6.07, 6.45) is 1.78. The van der Waals surface area contributed by atoms with Gasteiger partial charge in [-0.3, -0.25) is 0 Å². The molecule has 0 saturated carbocycles. The van der Waals surface area contributed by atoms with Crippen LogP contribution in [0.4, 0.5) is 23.0 Å². The number of hydrogen-bond acceptors (Lipinski definition) is 9. The topological polar surface area (TPSA) is 118 Å². The molecule has 1 aromatic heterocycles. The van der Waals surface area contributed by atoms with Crippen LogP contribution in [0.25, 0.3) is 0 Å². The van der Waals surface area contributed by atoms with E-state index in [1.54, 1.807) is 0 Å². The van der Waals surface area contributed by atoms with Crippen LogP contribution >= 0.6 is 0 Å². The Balaban J connectivity index is 1.62. The fourth-order valence-electron chi connectivity index (χ4n) is 3.87. The summed E-state index contributed by atoms with van der Waals surface area (Å²) in [5, 5.41) is 24.1. The molecular formula is C20H25N7O2. The molecule has 29 heavy (non-hydrogen) atoms. The minimum atomic E-state index is -0.304. The molecule has 0 aliphatic carbocycles. The van der Waals surface area contributed by atoms with Gasteiger partial charge >= 0.3 is 0 Å². The Bertz CT molecular complexity index is 943. The summed E-state index contributed by atoms with van der Waals surface area (Å²) >= 11 is 0. The summed E-state index contributed by atoms with van der Waals surface area (Å²) in [6.45, 7) is 6.40. The Morgan fingerprint density at radius 3 is 2.66 bits per heavy atom. The number of nitroso groups, excluding NO2 is 1. The van der Waals surface area contributed by atoms with Gasteiger partial charge in [0.15, 0.2) is 0 Å². The van der Waals surface area contributed by atoms with Crippen LogP contribution in [0.1, 0.15) is 23.4 Å². The van der Waals surface area contributed by atoms with Gasteiger partial charge in [-0.25, -0.2) is 9.97 Å². The zero-order valence-electron chi connectivity index (χ0n) is 16.6. The lowest BCUT2D eigenvalue weighted by Crippen LogP contribution is -2.50. The molecule has 0 amide bonds. The fraction of sp³-hybridized carbons (Fsp3) is 0.450. The molecule has 2 saturated heterocycles. The zero-order chi connectivity index (χ0) is 20.5. The molecule has 3 N–H and O–H groups in total. The van der Waals surface area contributed by atoms with Crippen molar-refractivity contribution < 1.29 is 5.11 Å². The summed E-state index contributed by atoms with van der Waals surface area (Å²) in [4.78, 5) is 23.7. The van der Waals surface area contributed by atoms with Gasteiger partial charge in [0.05, 0.1) is 11.8 Å². The van der Waals surface area contributed by atoms with E-state index in [1.165, 1.54) is 6.21 Å². The molecule has 0 spiro atoms. The largest absolute Gasteiger partial charge is 0.391 e. The van der Waals surface area contributed by atoms with Crippen molar-refractivity contribution in [2.45, 2.75) is 32.4 Å². The summed E-state index contributed by atoms with van der Waals surface area (Å²) in [5.41, 5.74) is 3.65. The van der Waals surface area contributed by atoms with Crippen molar-refractivity contribution in [1.82, 2.24) is 9.97 Å². The summed E-state index contributed by atoms with van der Waals surface area (Å²) in [7, 11) is 0. The molecule has 2 aliphatic rings. The highest BCUT2D eigenvalue weighted by Gasteiger charge is 2.29. The third-order valence-corrected chi connectivity index (χ3v) is 5.45. The predicted octanol–water partition coefficient (Wildman–Crippen LogP) is 2.36. The number of anilines is 4. The average Bonchev–Trinajstić information content (AvgIpc) is 3.07. The number of hydrogen-bond donors (Lipinski definition) is 3. The number of aryl methyl sites for hydroxylation is 2. The van der Waals surface area contributed by atoms with Crippen LogP contribution in [0.5, 0.6) is 0 Å². The van der Waals surface area contributed by atoms with Gasteiger partial charge in [-0.2, -0.15) is 4.91 Å². The van der Waals surface area contributed by atoms with Crippen molar-refractivity contribution >= 4 is 29.2 Å². The van der Waals surface area contributed by atoms with E-state index >= 15 is 0 Å². The lowest BCUT2D eigenvalue weighted by atomic mass is 10.1. The van der Waals surface area contributed by atoms with Crippen molar-refractivity contribution in [3.8, 4) is 0 Å². The van der Waals surface area contributed by atoms with Crippen LogP contribution in [-0.4, -0.2) is 59.6 Å². The third-order valence-electron chi connectivity index (χ3n) is 5.45. The smallest absolute Gasteiger partial charge is 0.136 e. The van der Waals surface area contributed by atoms with Crippen LogP contribution in [0.15, 0.2) is 23.4 Å². The van der Waals surface area contributed by atoms with Crippen molar-refractivity contribution in [3.05, 3.63) is 40.1 Å². The van der Waals surface area contributed by atoms with E-state index < -0.39 is 0 Å².